The average molecular weight is 381 g/mol. The first kappa shape index (κ1) is 19.8. The van der Waals surface area contributed by atoms with Crippen molar-refractivity contribution in [3.63, 3.8) is 0 Å². The van der Waals surface area contributed by atoms with Crippen LogP contribution in [0.3, 0.4) is 0 Å². The van der Waals surface area contributed by atoms with E-state index in [0.29, 0.717) is 21.5 Å². The molecule has 2 rings (SSSR count). The summed E-state index contributed by atoms with van der Waals surface area (Å²) in [5.74, 6) is -1.52. The van der Waals surface area contributed by atoms with E-state index >= 15 is 0 Å². The molecule has 0 radical (unpaired) electrons. The summed E-state index contributed by atoms with van der Waals surface area (Å²) in [6, 6.07) is 5.02. The van der Waals surface area contributed by atoms with Crippen LogP contribution in [-0.2, 0) is 19.1 Å². The van der Waals surface area contributed by atoms with Crippen molar-refractivity contribution in [2.45, 2.75) is 26.7 Å². The number of halogens is 1. The first-order chi connectivity index (χ1) is 12.4. The van der Waals surface area contributed by atoms with Crippen LogP contribution in [-0.4, -0.2) is 42.3 Å². The Balaban J connectivity index is 2.58. The van der Waals surface area contributed by atoms with E-state index in [4.69, 9.17) is 21.1 Å². The lowest BCUT2D eigenvalue weighted by Gasteiger charge is -2.15. The lowest BCUT2D eigenvalue weighted by molar-refractivity contribution is -0.144. The fraction of sp³-hybridized carbons (Fsp3) is 0.389. The molecule has 2 aromatic rings. The molecule has 26 heavy (non-hydrogen) atoms. The summed E-state index contributed by atoms with van der Waals surface area (Å²) in [5.41, 5.74) is 1.07. The second-order valence-electron chi connectivity index (χ2n) is 5.56. The fourth-order valence-corrected chi connectivity index (χ4v) is 2.82. The van der Waals surface area contributed by atoms with Gasteiger partial charge in [0.15, 0.2) is 0 Å². The van der Waals surface area contributed by atoms with Gasteiger partial charge in [0.1, 0.15) is 5.92 Å². The topological polar surface area (TPSA) is 86.6 Å². The highest BCUT2D eigenvalue weighted by Gasteiger charge is 2.27. The molecule has 1 unspecified atom stereocenters. The third kappa shape index (κ3) is 4.35. The Morgan fingerprint density at radius 2 is 1.88 bits per heavy atom. The summed E-state index contributed by atoms with van der Waals surface area (Å²) >= 11 is 6.06. The molecule has 1 N–H and O–H groups in total. The molecule has 1 aromatic heterocycles. The highest BCUT2D eigenvalue weighted by atomic mass is 35.5. The van der Waals surface area contributed by atoms with Crippen LogP contribution in [0.2, 0.25) is 5.02 Å². The number of ether oxygens (including phenoxy) is 2. The van der Waals surface area contributed by atoms with Crippen molar-refractivity contribution in [3.05, 3.63) is 35.0 Å². The van der Waals surface area contributed by atoms with E-state index < -0.39 is 18.0 Å². The van der Waals surface area contributed by atoms with E-state index in [-0.39, 0.29) is 25.7 Å². The van der Waals surface area contributed by atoms with Crippen LogP contribution >= 0.6 is 11.6 Å². The number of benzene rings is 1. The van der Waals surface area contributed by atoms with E-state index in [1.807, 2.05) is 0 Å². The van der Waals surface area contributed by atoms with Gasteiger partial charge in [0, 0.05) is 30.1 Å². The molecule has 0 aliphatic carbocycles. The van der Waals surface area contributed by atoms with Gasteiger partial charge >= 0.3 is 12.1 Å². The first-order valence-corrected chi connectivity index (χ1v) is 8.65. The normalized spacial score (nSPS) is 11.8. The van der Waals surface area contributed by atoms with E-state index in [9.17, 15) is 14.4 Å². The Morgan fingerprint density at radius 1 is 1.19 bits per heavy atom. The zero-order chi connectivity index (χ0) is 19.3. The van der Waals surface area contributed by atoms with Gasteiger partial charge in [0.2, 0.25) is 5.91 Å². The molecule has 0 saturated heterocycles. The summed E-state index contributed by atoms with van der Waals surface area (Å²) in [6.07, 6.45) is 0.954. The second kappa shape index (κ2) is 8.71. The van der Waals surface area contributed by atoms with Gasteiger partial charge in [-0.1, -0.05) is 17.7 Å². The van der Waals surface area contributed by atoms with Crippen molar-refractivity contribution in [2.75, 3.05) is 19.8 Å². The molecule has 0 fully saturated rings. The minimum atomic E-state index is -0.766. The molecule has 140 valence electrons. The lowest BCUT2D eigenvalue weighted by atomic mass is 9.98. The van der Waals surface area contributed by atoms with Gasteiger partial charge in [-0.05, 0) is 31.5 Å². The summed E-state index contributed by atoms with van der Waals surface area (Å²) in [5, 5.41) is 3.74. The number of hydrogen-bond donors (Lipinski definition) is 1. The molecular weight excluding hydrogens is 360 g/mol. The summed E-state index contributed by atoms with van der Waals surface area (Å²) < 4.78 is 11.5. The third-order valence-corrected chi connectivity index (χ3v) is 4.00. The number of aromatic nitrogens is 1. The van der Waals surface area contributed by atoms with Crippen LogP contribution in [0.15, 0.2) is 24.4 Å². The smallest absolute Gasteiger partial charge is 0.418 e. The Hall–Kier alpha value is -2.54. The molecule has 0 aliphatic rings. The Bertz CT molecular complexity index is 830. The van der Waals surface area contributed by atoms with Gasteiger partial charge in [-0.25, -0.2) is 4.79 Å². The van der Waals surface area contributed by atoms with Crippen LogP contribution in [0.5, 0.6) is 0 Å². The van der Waals surface area contributed by atoms with Crippen LogP contribution in [0.4, 0.5) is 4.79 Å². The monoisotopic (exact) mass is 380 g/mol. The fourth-order valence-electron chi connectivity index (χ4n) is 2.66. The standard InChI is InChI=1S/C18H21ClN2O5/c1-4-25-17(23)14(9-20-11(3)22)15-10-21(18(24)26-5-2)16-8-12(19)6-7-13(15)16/h6-8,10,14H,4-5,9H2,1-3H3,(H,20,22). The summed E-state index contributed by atoms with van der Waals surface area (Å²) in [7, 11) is 0. The van der Waals surface area contributed by atoms with Crippen molar-refractivity contribution in [1.29, 1.82) is 0 Å². The zero-order valence-electron chi connectivity index (χ0n) is 14.9. The predicted molar refractivity (Wildman–Crippen MR) is 97.4 cm³/mol. The van der Waals surface area contributed by atoms with E-state index in [1.54, 1.807) is 32.0 Å². The van der Waals surface area contributed by atoms with Crippen molar-refractivity contribution in [1.82, 2.24) is 9.88 Å². The highest BCUT2D eigenvalue weighted by molar-refractivity contribution is 6.31. The molecule has 8 heteroatoms. The molecule has 0 bridgehead atoms. The van der Waals surface area contributed by atoms with Crippen molar-refractivity contribution >= 4 is 40.5 Å². The second-order valence-corrected chi connectivity index (χ2v) is 5.99. The molecule has 0 saturated carbocycles. The van der Waals surface area contributed by atoms with Gasteiger partial charge in [0.25, 0.3) is 0 Å². The lowest BCUT2D eigenvalue weighted by Crippen LogP contribution is -2.31. The molecule has 7 nitrogen and oxygen atoms in total. The highest BCUT2D eigenvalue weighted by Crippen LogP contribution is 2.31. The van der Waals surface area contributed by atoms with Gasteiger partial charge in [-0.15, -0.1) is 0 Å². The molecule has 1 heterocycles. The SMILES string of the molecule is CCOC(=O)C(CNC(C)=O)c1cn(C(=O)OCC)c2cc(Cl)ccc12. The maximum atomic E-state index is 12.4. The summed E-state index contributed by atoms with van der Waals surface area (Å²) in [4.78, 5) is 36.0. The molecule has 0 spiro atoms. The zero-order valence-corrected chi connectivity index (χ0v) is 15.6. The minimum Gasteiger partial charge on any atom is -0.465 e. The maximum Gasteiger partial charge on any atom is 0.418 e. The van der Waals surface area contributed by atoms with Crippen molar-refractivity contribution < 1.29 is 23.9 Å². The number of nitrogens with zero attached hydrogens (tertiary/aromatic N) is 1. The average Bonchev–Trinajstić information content (AvgIpc) is 2.94. The largest absolute Gasteiger partial charge is 0.465 e. The van der Waals surface area contributed by atoms with Crippen molar-refractivity contribution in [2.24, 2.45) is 0 Å². The van der Waals surface area contributed by atoms with Gasteiger partial charge < -0.3 is 14.8 Å². The van der Waals surface area contributed by atoms with E-state index in [0.717, 1.165) is 0 Å². The van der Waals surface area contributed by atoms with Crippen LogP contribution < -0.4 is 5.32 Å². The number of carbonyl (C=O) groups excluding carboxylic acids is 3. The van der Waals surface area contributed by atoms with Crippen molar-refractivity contribution in [3.8, 4) is 0 Å². The number of nitrogens with one attached hydrogen (secondary N) is 1. The Labute approximate surface area is 156 Å². The number of rotatable bonds is 6. The third-order valence-electron chi connectivity index (χ3n) is 3.76. The van der Waals surface area contributed by atoms with Gasteiger partial charge in [0.05, 0.1) is 18.7 Å². The molecule has 1 aromatic carbocycles. The number of esters is 1. The predicted octanol–water partition coefficient (Wildman–Crippen LogP) is 3.08. The van der Waals surface area contributed by atoms with Crippen LogP contribution in [0.1, 0.15) is 32.3 Å². The molecular formula is C18H21ClN2O5. The Morgan fingerprint density at radius 3 is 2.50 bits per heavy atom. The van der Waals surface area contributed by atoms with Crippen LogP contribution in [0, 0.1) is 0 Å². The number of amides is 1. The van der Waals surface area contributed by atoms with Gasteiger partial charge in [-0.2, -0.15) is 0 Å². The maximum absolute atomic E-state index is 12.4. The molecule has 1 amide bonds. The number of hydrogen-bond acceptors (Lipinski definition) is 5. The summed E-state index contributed by atoms with van der Waals surface area (Å²) in [6.45, 7) is 5.24. The molecule has 0 aliphatic heterocycles. The van der Waals surface area contributed by atoms with E-state index in [1.165, 1.54) is 17.7 Å². The number of fused-ring (bicyclic) bond motifs is 1. The Kier molecular flexibility index (Phi) is 6.63. The quantitative estimate of drug-likeness (QED) is 0.778. The van der Waals surface area contributed by atoms with E-state index in [2.05, 4.69) is 5.32 Å². The number of carbonyl (C=O) groups is 3. The molecule has 1 atom stereocenters. The van der Waals surface area contributed by atoms with Gasteiger partial charge in [-0.3, -0.25) is 14.2 Å². The van der Waals surface area contributed by atoms with Crippen LogP contribution in [0.25, 0.3) is 10.9 Å². The minimum absolute atomic E-state index is 0.0543. The first-order valence-electron chi connectivity index (χ1n) is 8.27.